The Morgan fingerprint density at radius 1 is 1.36 bits per heavy atom. The van der Waals surface area contributed by atoms with E-state index >= 15 is 0 Å². The van der Waals surface area contributed by atoms with E-state index in [0.717, 1.165) is 5.57 Å². The average molecular weight is 307 g/mol. The van der Waals surface area contributed by atoms with Crippen LogP contribution in [-0.4, -0.2) is 34.6 Å². The summed E-state index contributed by atoms with van der Waals surface area (Å²) in [6, 6.07) is 9.08. The first-order valence-corrected chi connectivity index (χ1v) is 7.34. The van der Waals surface area contributed by atoms with Gasteiger partial charge in [0.1, 0.15) is 6.61 Å². The number of allylic oxidation sites excluding steroid dienone is 1. The Labute approximate surface area is 131 Å². The second-order valence-electron chi connectivity index (χ2n) is 5.85. The highest BCUT2D eigenvalue weighted by Gasteiger charge is 2.23. The summed E-state index contributed by atoms with van der Waals surface area (Å²) in [7, 11) is 0. The molecule has 0 aliphatic heterocycles. The minimum Gasteiger partial charge on any atom is -0.445 e. The quantitative estimate of drug-likeness (QED) is 0.676. The molecule has 0 aromatic heterocycles. The molecule has 0 heterocycles. The summed E-state index contributed by atoms with van der Waals surface area (Å²) in [4.78, 5) is 11.6. The predicted octanol–water partition coefficient (Wildman–Crippen LogP) is 3.09. The number of nitrogens with one attached hydrogen (secondary N) is 1. The standard InChI is InChI=1S/C17H25NO4/c1-13(9-10-15(19)17(2,3)21)11-12-22-16(20)18-14-7-5-4-6-8-14/h4-8,11,15,19,21H,9-10,12H2,1-3H3,(H,18,20)/b13-11+/t15-/m1/s1. The second-order valence-corrected chi connectivity index (χ2v) is 5.85. The van der Waals surface area contributed by atoms with E-state index in [0.29, 0.717) is 18.5 Å². The molecule has 3 N–H and O–H groups in total. The lowest BCUT2D eigenvalue weighted by molar-refractivity contribution is -0.0509. The fraction of sp³-hybridized carbons (Fsp3) is 0.471. The second kappa shape index (κ2) is 8.56. The lowest BCUT2D eigenvalue weighted by Gasteiger charge is -2.24. The third-order valence-corrected chi connectivity index (χ3v) is 3.29. The van der Waals surface area contributed by atoms with Crippen LogP contribution in [0.25, 0.3) is 0 Å². The van der Waals surface area contributed by atoms with Crippen molar-refractivity contribution in [2.45, 2.75) is 45.3 Å². The van der Waals surface area contributed by atoms with Gasteiger partial charge in [-0.15, -0.1) is 0 Å². The Morgan fingerprint density at radius 3 is 2.59 bits per heavy atom. The molecule has 122 valence electrons. The maximum Gasteiger partial charge on any atom is 0.411 e. The minimum atomic E-state index is -1.10. The van der Waals surface area contributed by atoms with Gasteiger partial charge < -0.3 is 14.9 Å². The van der Waals surface area contributed by atoms with Crippen LogP contribution in [0.15, 0.2) is 42.0 Å². The fourth-order valence-corrected chi connectivity index (χ4v) is 1.75. The van der Waals surface area contributed by atoms with Gasteiger partial charge in [-0.05, 0) is 51.8 Å². The lowest BCUT2D eigenvalue weighted by atomic mass is 9.96. The summed E-state index contributed by atoms with van der Waals surface area (Å²) in [5.74, 6) is 0. The van der Waals surface area contributed by atoms with Crippen LogP contribution >= 0.6 is 0 Å². The van der Waals surface area contributed by atoms with E-state index in [1.54, 1.807) is 32.1 Å². The Bertz CT molecular complexity index is 491. The number of ether oxygens (including phenoxy) is 1. The van der Waals surface area contributed by atoms with Crippen molar-refractivity contribution in [3.8, 4) is 0 Å². The van der Waals surface area contributed by atoms with Crippen molar-refractivity contribution >= 4 is 11.8 Å². The SMILES string of the molecule is C/C(=C\COC(=O)Nc1ccccc1)CC[C@@H](O)C(C)(C)O. The molecule has 5 nitrogen and oxygen atoms in total. The molecule has 0 spiro atoms. The number of carbonyl (C=O) groups is 1. The van der Waals surface area contributed by atoms with Crippen molar-refractivity contribution in [3.05, 3.63) is 42.0 Å². The van der Waals surface area contributed by atoms with Gasteiger partial charge in [0.15, 0.2) is 0 Å². The van der Waals surface area contributed by atoms with Gasteiger partial charge in [0.25, 0.3) is 0 Å². The summed E-state index contributed by atoms with van der Waals surface area (Å²) < 4.78 is 5.05. The number of amides is 1. The maximum absolute atomic E-state index is 11.6. The number of hydrogen-bond acceptors (Lipinski definition) is 4. The number of aliphatic hydroxyl groups is 2. The van der Waals surface area contributed by atoms with Gasteiger partial charge in [-0.3, -0.25) is 5.32 Å². The number of aliphatic hydroxyl groups excluding tert-OH is 1. The summed E-state index contributed by atoms with van der Waals surface area (Å²) >= 11 is 0. The summed E-state index contributed by atoms with van der Waals surface area (Å²) in [6.07, 6.45) is 1.60. The summed E-state index contributed by atoms with van der Waals surface area (Å²) in [5, 5.41) is 22.0. The molecular weight excluding hydrogens is 282 g/mol. The van der Waals surface area contributed by atoms with E-state index in [2.05, 4.69) is 5.32 Å². The molecule has 0 saturated carbocycles. The van der Waals surface area contributed by atoms with Gasteiger partial charge in [0.05, 0.1) is 11.7 Å². The molecule has 1 aromatic rings. The first-order chi connectivity index (χ1) is 10.3. The molecule has 1 amide bonds. The van der Waals surface area contributed by atoms with E-state index < -0.39 is 17.8 Å². The number of benzene rings is 1. The van der Waals surface area contributed by atoms with Gasteiger partial charge in [-0.25, -0.2) is 4.79 Å². The van der Waals surface area contributed by atoms with Gasteiger partial charge in [0.2, 0.25) is 0 Å². The molecule has 0 fully saturated rings. The van der Waals surface area contributed by atoms with Crippen LogP contribution in [0.4, 0.5) is 10.5 Å². The molecule has 0 aliphatic carbocycles. The molecule has 1 rings (SSSR count). The third kappa shape index (κ3) is 7.24. The van der Waals surface area contributed by atoms with Crippen molar-refractivity contribution in [2.24, 2.45) is 0 Å². The van der Waals surface area contributed by atoms with Gasteiger partial charge >= 0.3 is 6.09 Å². The van der Waals surface area contributed by atoms with Crippen LogP contribution in [0.1, 0.15) is 33.6 Å². The van der Waals surface area contributed by atoms with Crippen molar-refractivity contribution in [2.75, 3.05) is 11.9 Å². The van der Waals surface area contributed by atoms with Crippen molar-refractivity contribution in [1.82, 2.24) is 0 Å². The first-order valence-electron chi connectivity index (χ1n) is 7.34. The largest absolute Gasteiger partial charge is 0.445 e. The highest BCUT2D eigenvalue weighted by Crippen LogP contribution is 2.16. The third-order valence-electron chi connectivity index (χ3n) is 3.29. The van der Waals surface area contributed by atoms with Crippen LogP contribution in [0.2, 0.25) is 0 Å². The minimum absolute atomic E-state index is 0.170. The van der Waals surface area contributed by atoms with Gasteiger partial charge in [-0.1, -0.05) is 23.8 Å². The molecule has 5 heteroatoms. The number of carbonyl (C=O) groups excluding carboxylic acids is 1. The maximum atomic E-state index is 11.6. The molecule has 0 bridgehead atoms. The lowest BCUT2D eigenvalue weighted by Crippen LogP contribution is -2.35. The zero-order valence-corrected chi connectivity index (χ0v) is 13.4. The number of anilines is 1. The molecule has 0 saturated heterocycles. The van der Waals surface area contributed by atoms with Crippen LogP contribution in [0.5, 0.6) is 0 Å². The zero-order valence-electron chi connectivity index (χ0n) is 13.4. The van der Waals surface area contributed by atoms with Crippen LogP contribution < -0.4 is 5.32 Å². The van der Waals surface area contributed by atoms with Crippen LogP contribution in [0, 0.1) is 0 Å². The number of para-hydroxylation sites is 1. The number of hydrogen-bond donors (Lipinski definition) is 3. The first kappa shape index (κ1) is 18.2. The zero-order chi connectivity index (χ0) is 16.6. The fourth-order valence-electron chi connectivity index (χ4n) is 1.75. The Morgan fingerprint density at radius 2 is 2.00 bits per heavy atom. The molecule has 0 unspecified atom stereocenters. The summed E-state index contributed by atoms with van der Waals surface area (Å²) in [6.45, 7) is 5.22. The van der Waals surface area contributed by atoms with Gasteiger partial charge in [-0.2, -0.15) is 0 Å². The molecule has 1 aromatic carbocycles. The van der Waals surface area contributed by atoms with E-state index in [1.807, 2.05) is 25.1 Å². The average Bonchev–Trinajstić information content (AvgIpc) is 2.44. The molecule has 0 radical (unpaired) electrons. The van der Waals surface area contributed by atoms with Crippen molar-refractivity contribution in [3.63, 3.8) is 0 Å². The summed E-state index contributed by atoms with van der Waals surface area (Å²) in [5.41, 5.74) is 0.573. The molecule has 1 atom stereocenters. The molecule has 0 aliphatic rings. The van der Waals surface area contributed by atoms with Crippen molar-refractivity contribution < 1.29 is 19.7 Å². The van der Waals surface area contributed by atoms with Gasteiger partial charge in [0, 0.05) is 5.69 Å². The van der Waals surface area contributed by atoms with E-state index in [-0.39, 0.29) is 6.61 Å². The monoisotopic (exact) mass is 307 g/mol. The smallest absolute Gasteiger partial charge is 0.411 e. The Kier molecular flexibility index (Phi) is 7.08. The van der Waals surface area contributed by atoms with E-state index in [4.69, 9.17) is 4.74 Å². The Hall–Kier alpha value is -1.85. The normalized spacial score (nSPS) is 13.6. The molecule has 22 heavy (non-hydrogen) atoms. The topological polar surface area (TPSA) is 78.8 Å². The van der Waals surface area contributed by atoms with Crippen molar-refractivity contribution in [1.29, 1.82) is 0 Å². The van der Waals surface area contributed by atoms with Crippen LogP contribution in [-0.2, 0) is 4.74 Å². The predicted molar refractivity (Wildman–Crippen MR) is 86.7 cm³/mol. The van der Waals surface area contributed by atoms with E-state index in [9.17, 15) is 15.0 Å². The number of rotatable bonds is 7. The Balaban J connectivity index is 2.28. The highest BCUT2D eigenvalue weighted by atomic mass is 16.5. The highest BCUT2D eigenvalue weighted by molar-refractivity contribution is 5.84. The van der Waals surface area contributed by atoms with E-state index in [1.165, 1.54) is 0 Å². The van der Waals surface area contributed by atoms with Crippen LogP contribution in [0.3, 0.4) is 0 Å². The molecular formula is C17H25NO4.